The van der Waals surface area contributed by atoms with Crippen LogP contribution in [0.3, 0.4) is 0 Å². The first kappa shape index (κ1) is 26.5. The lowest BCUT2D eigenvalue weighted by Gasteiger charge is -2.34. The molecular weight excluding hydrogens is 444 g/mol. The van der Waals surface area contributed by atoms with E-state index in [4.69, 9.17) is 23.7 Å². The summed E-state index contributed by atoms with van der Waals surface area (Å²) in [4.78, 5) is 0. The smallest absolute Gasteiger partial charge is 0.203 e. The van der Waals surface area contributed by atoms with E-state index < -0.39 is 5.41 Å². The molecule has 35 heavy (non-hydrogen) atoms. The maximum Gasteiger partial charge on any atom is 0.203 e. The monoisotopic (exact) mass is 482 g/mol. The van der Waals surface area contributed by atoms with Gasteiger partial charge in [-0.25, -0.2) is 0 Å². The van der Waals surface area contributed by atoms with Gasteiger partial charge in [0.15, 0.2) is 23.0 Å². The lowest BCUT2D eigenvalue weighted by Crippen LogP contribution is -2.31. The molecule has 0 saturated carbocycles. The SMILES string of the molecule is COc1ccc2c(c1OC)CCCC2(C#N)CCCNCCCc1ccc(OC)c(OC)c1OC. The normalized spacial score (nSPS) is 16.7. The summed E-state index contributed by atoms with van der Waals surface area (Å²) in [6, 6.07) is 10.6. The van der Waals surface area contributed by atoms with Crippen molar-refractivity contribution >= 4 is 0 Å². The quantitative estimate of drug-likeness (QED) is 0.410. The first-order valence-electron chi connectivity index (χ1n) is 12.2. The van der Waals surface area contributed by atoms with Crippen LogP contribution in [-0.2, 0) is 18.3 Å². The van der Waals surface area contributed by atoms with Gasteiger partial charge in [-0.2, -0.15) is 5.26 Å². The van der Waals surface area contributed by atoms with E-state index >= 15 is 0 Å². The Morgan fingerprint density at radius 1 is 0.829 bits per heavy atom. The van der Waals surface area contributed by atoms with Crippen molar-refractivity contribution in [2.45, 2.75) is 50.4 Å². The highest BCUT2D eigenvalue weighted by Crippen LogP contribution is 2.46. The molecule has 0 radical (unpaired) electrons. The summed E-state index contributed by atoms with van der Waals surface area (Å²) in [5.74, 6) is 3.52. The highest BCUT2D eigenvalue weighted by Gasteiger charge is 2.38. The molecule has 0 heterocycles. The fourth-order valence-corrected chi connectivity index (χ4v) is 5.22. The number of fused-ring (bicyclic) bond motifs is 1. The average Bonchev–Trinajstić information content (AvgIpc) is 2.90. The standard InChI is InChI=1S/C28H38N2O5/c1-31-23-14-12-22-21(26(23)34-4)10-6-15-28(22,19-29)16-8-18-30-17-7-9-20-11-13-24(32-2)27(35-5)25(20)33-3/h11-14,30H,6-10,15-18H2,1-5H3. The number of methoxy groups -OCH3 is 5. The van der Waals surface area contributed by atoms with Crippen LogP contribution in [-0.4, -0.2) is 48.6 Å². The van der Waals surface area contributed by atoms with Crippen LogP contribution in [0.1, 0.15) is 48.8 Å². The second-order valence-electron chi connectivity index (χ2n) is 8.83. The van der Waals surface area contributed by atoms with Crippen LogP contribution in [0.25, 0.3) is 0 Å². The summed E-state index contributed by atoms with van der Waals surface area (Å²) < 4.78 is 27.6. The van der Waals surface area contributed by atoms with Gasteiger partial charge in [0, 0.05) is 5.56 Å². The van der Waals surface area contributed by atoms with Gasteiger partial charge < -0.3 is 29.0 Å². The van der Waals surface area contributed by atoms with E-state index in [2.05, 4.69) is 17.5 Å². The average molecular weight is 483 g/mol. The van der Waals surface area contributed by atoms with Gasteiger partial charge in [-0.1, -0.05) is 12.1 Å². The van der Waals surface area contributed by atoms with Crippen molar-refractivity contribution in [2.24, 2.45) is 0 Å². The van der Waals surface area contributed by atoms with Crippen molar-refractivity contribution in [3.05, 3.63) is 41.0 Å². The molecule has 7 nitrogen and oxygen atoms in total. The predicted octanol–water partition coefficient (Wildman–Crippen LogP) is 4.83. The molecule has 3 rings (SSSR count). The molecule has 2 aromatic carbocycles. The highest BCUT2D eigenvalue weighted by molar-refractivity contribution is 5.56. The Morgan fingerprint density at radius 2 is 1.49 bits per heavy atom. The first-order chi connectivity index (χ1) is 17.1. The Kier molecular flexibility index (Phi) is 9.50. The minimum absolute atomic E-state index is 0.470. The summed E-state index contributed by atoms with van der Waals surface area (Å²) in [6.45, 7) is 1.76. The van der Waals surface area contributed by atoms with Gasteiger partial charge in [0.1, 0.15) is 0 Å². The van der Waals surface area contributed by atoms with Gasteiger partial charge in [-0.05, 0) is 81.3 Å². The molecule has 0 aromatic heterocycles. The number of ether oxygens (including phenoxy) is 5. The van der Waals surface area contributed by atoms with Crippen LogP contribution < -0.4 is 29.0 Å². The molecule has 0 aliphatic heterocycles. The third-order valence-electron chi connectivity index (χ3n) is 6.95. The number of hydrogen-bond donors (Lipinski definition) is 1. The van der Waals surface area contributed by atoms with Crippen molar-refractivity contribution < 1.29 is 23.7 Å². The molecule has 0 fully saturated rings. The second kappa shape index (κ2) is 12.6. The topological polar surface area (TPSA) is 82.0 Å². The van der Waals surface area contributed by atoms with E-state index in [-0.39, 0.29) is 0 Å². The van der Waals surface area contributed by atoms with Crippen LogP contribution in [0.5, 0.6) is 28.7 Å². The number of rotatable bonds is 13. The minimum Gasteiger partial charge on any atom is -0.493 e. The summed E-state index contributed by atoms with van der Waals surface area (Å²) >= 11 is 0. The maximum absolute atomic E-state index is 10.2. The zero-order chi connectivity index (χ0) is 25.3. The van der Waals surface area contributed by atoms with Crippen molar-refractivity contribution in [2.75, 3.05) is 48.6 Å². The summed E-state index contributed by atoms with van der Waals surface area (Å²) in [5, 5.41) is 13.7. The lowest BCUT2D eigenvalue weighted by molar-refractivity contribution is 0.322. The zero-order valence-electron chi connectivity index (χ0n) is 21.7. The highest BCUT2D eigenvalue weighted by atomic mass is 16.5. The van der Waals surface area contributed by atoms with Gasteiger partial charge in [-0.15, -0.1) is 0 Å². The Bertz CT molecular complexity index is 1030. The molecular formula is C28H38N2O5. The second-order valence-corrected chi connectivity index (χ2v) is 8.83. The van der Waals surface area contributed by atoms with E-state index in [1.54, 1.807) is 35.5 Å². The summed E-state index contributed by atoms with van der Waals surface area (Å²) in [6.07, 6.45) is 6.36. The number of nitrogens with zero attached hydrogens (tertiary/aromatic N) is 1. The van der Waals surface area contributed by atoms with Crippen molar-refractivity contribution in [1.29, 1.82) is 5.26 Å². The fraction of sp³-hybridized carbons (Fsp3) is 0.536. The Labute approximate surface area is 209 Å². The number of nitriles is 1. The van der Waals surface area contributed by atoms with Crippen LogP contribution in [0.4, 0.5) is 0 Å². The Balaban J connectivity index is 1.54. The molecule has 0 bridgehead atoms. The molecule has 1 N–H and O–H groups in total. The third-order valence-corrected chi connectivity index (χ3v) is 6.95. The lowest BCUT2D eigenvalue weighted by atomic mass is 9.68. The van der Waals surface area contributed by atoms with E-state index in [9.17, 15) is 5.26 Å². The Morgan fingerprint density at radius 3 is 2.14 bits per heavy atom. The largest absolute Gasteiger partial charge is 0.493 e. The summed E-state index contributed by atoms with van der Waals surface area (Å²) in [5.41, 5.74) is 2.85. The van der Waals surface area contributed by atoms with E-state index in [0.29, 0.717) is 11.5 Å². The number of benzene rings is 2. The molecule has 0 amide bonds. The van der Waals surface area contributed by atoms with E-state index in [1.165, 1.54) is 0 Å². The molecule has 1 unspecified atom stereocenters. The van der Waals surface area contributed by atoms with E-state index in [0.717, 1.165) is 92.0 Å². The van der Waals surface area contributed by atoms with Crippen LogP contribution in [0, 0.1) is 11.3 Å². The van der Waals surface area contributed by atoms with Gasteiger partial charge in [0.25, 0.3) is 0 Å². The first-order valence-corrected chi connectivity index (χ1v) is 12.2. The van der Waals surface area contributed by atoms with Gasteiger partial charge in [-0.3, -0.25) is 0 Å². The van der Waals surface area contributed by atoms with Crippen molar-refractivity contribution in [3.63, 3.8) is 0 Å². The van der Waals surface area contributed by atoms with Crippen LogP contribution in [0.2, 0.25) is 0 Å². The molecule has 7 heteroatoms. The van der Waals surface area contributed by atoms with Crippen LogP contribution in [0.15, 0.2) is 24.3 Å². The van der Waals surface area contributed by atoms with Gasteiger partial charge in [0.2, 0.25) is 5.75 Å². The molecule has 1 aliphatic rings. The van der Waals surface area contributed by atoms with Crippen molar-refractivity contribution in [3.8, 4) is 34.8 Å². The van der Waals surface area contributed by atoms with Gasteiger partial charge >= 0.3 is 0 Å². The van der Waals surface area contributed by atoms with Gasteiger partial charge in [0.05, 0.1) is 47.0 Å². The minimum atomic E-state index is -0.470. The molecule has 1 aliphatic carbocycles. The third kappa shape index (κ3) is 5.59. The zero-order valence-corrected chi connectivity index (χ0v) is 21.7. The molecule has 190 valence electrons. The molecule has 0 spiro atoms. The molecule has 2 aromatic rings. The molecule has 1 atom stereocenters. The fourth-order valence-electron chi connectivity index (χ4n) is 5.22. The number of nitrogens with one attached hydrogen (secondary N) is 1. The molecule has 0 saturated heterocycles. The maximum atomic E-state index is 10.2. The predicted molar refractivity (Wildman–Crippen MR) is 136 cm³/mol. The number of aryl methyl sites for hydroxylation is 1. The van der Waals surface area contributed by atoms with Crippen LogP contribution >= 0.6 is 0 Å². The van der Waals surface area contributed by atoms with Crippen molar-refractivity contribution in [1.82, 2.24) is 5.32 Å². The Hall–Kier alpha value is -3.11. The summed E-state index contributed by atoms with van der Waals surface area (Å²) in [7, 11) is 8.21. The number of hydrogen-bond acceptors (Lipinski definition) is 7. The van der Waals surface area contributed by atoms with E-state index in [1.807, 2.05) is 18.2 Å².